The van der Waals surface area contributed by atoms with Crippen molar-refractivity contribution in [3.63, 3.8) is 0 Å². The maximum atomic E-state index is 5.70. The second kappa shape index (κ2) is 7.13. The van der Waals surface area contributed by atoms with Gasteiger partial charge in [-0.2, -0.15) is 0 Å². The third-order valence-electron chi connectivity index (χ3n) is 2.33. The van der Waals surface area contributed by atoms with Crippen LogP contribution in [0.1, 0.15) is 13.8 Å². The van der Waals surface area contributed by atoms with Gasteiger partial charge in [0.1, 0.15) is 0 Å². The fourth-order valence-electron chi connectivity index (χ4n) is 1.54. The molecule has 82 valence electrons. The molecule has 1 aliphatic heterocycles. The number of hydrogen-bond acceptors (Lipinski definition) is 2. The molecule has 1 saturated heterocycles. The first-order chi connectivity index (χ1) is 5.17. The van der Waals surface area contributed by atoms with Crippen LogP contribution in [0.15, 0.2) is 0 Å². The van der Waals surface area contributed by atoms with Gasteiger partial charge in [0, 0.05) is 37.6 Å². The Balaban J connectivity index is 0. The normalized spacial score (nSPS) is 21.5. The summed E-state index contributed by atoms with van der Waals surface area (Å²) in [5.41, 5.74) is 0.285. The highest BCUT2D eigenvalue weighted by Crippen LogP contribution is 2.15. The van der Waals surface area contributed by atoms with E-state index in [-0.39, 0.29) is 30.4 Å². The van der Waals surface area contributed by atoms with Crippen LogP contribution in [0.4, 0.5) is 0 Å². The second-order valence-corrected chi connectivity index (χ2v) is 4.04. The second-order valence-electron chi connectivity index (χ2n) is 3.67. The summed E-state index contributed by atoms with van der Waals surface area (Å²) >= 11 is 5.70. The van der Waals surface area contributed by atoms with Crippen LogP contribution in [-0.4, -0.2) is 42.5 Å². The number of nitrogens with zero attached hydrogens (tertiary/aromatic N) is 1. The Labute approximate surface area is 98.2 Å². The van der Waals surface area contributed by atoms with E-state index in [0.29, 0.717) is 0 Å². The molecule has 0 aromatic rings. The first kappa shape index (κ1) is 16.2. The SMILES string of the molecule is CC1(C)CNCCN1CCCl.Cl.Cl. The minimum atomic E-state index is 0. The molecule has 0 unspecified atom stereocenters. The van der Waals surface area contributed by atoms with Gasteiger partial charge in [0.05, 0.1) is 0 Å². The Hall–Kier alpha value is 0.790. The van der Waals surface area contributed by atoms with Crippen molar-refractivity contribution in [1.82, 2.24) is 10.2 Å². The van der Waals surface area contributed by atoms with Crippen molar-refractivity contribution in [2.75, 3.05) is 32.1 Å². The van der Waals surface area contributed by atoms with Crippen LogP contribution in [0.3, 0.4) is 0 Å². The standard InChI is InChI=1S/C8H17ClN2.2ClH/c1-8(2)7-10-4-6-11(8)5-3-9;;/h10H,3-7H2,1-2H3;2*1H. The summed E-state index contributed by atoms with van der Waals surface area (Å²) in [6.07, 6.45) is 0. The molecule has 0 aliphatic carbocycles. The molecule has 13 heavy (non-hydrogen) atoms. The van der Waals surface area contributed by atoms with Gasteiger partial charge < -0.3 is 5.32 Å². The van der Waals surface area contributed by atoms with Gasteiger partial charge in [-0.25, -0.2) is 0 Å². The van der Waals surface area contributed by atoms with Crippen LogP contribution in [0.2, 0.25) is 0 Å². The van der Waals surface area contributed by atoms with Crippen molar-refractivity contribution in [2.45, 2.75) is 19.4 Å². The van der Waals surface area contributed by atoms with Gasteiger partial charge in [0.15, 0.2) is 0 Å². The molecule has 0 spiro atoms. The van der Waals surface area contributed by atoms with Gasteiger partial charge in [-0.15, -0.1) is 36.4 Å². The Morgan fingerprint density at radius 2 is 2.00 bits per heavy atom. The highest BCUT2D eigenvalue weighted by atomic mass is 35.5. The Kier molecular flexibility index (Phi) is 8.90. The third-order valence-corrected chi connectivity index (χ3v) is 2.50. The van der Waals surface area contributed by atoms with E-state index < -0.39 is 0 Å². The van der Waals surface area contributed by atoms with E-state index in [4.69, 9.17) is 11.6 Å². The summed E-state index contributed by atoms with van der Waals surface area (Å²) in [6, 6.07) is 0. The molecule has 1 fully saturated rings. The zero-order valence-electron chi connectivity index (χ0n) is 8.18. The van der Waals surface area contributed by atoms with Crippen molar-refractivity contribution < 1.29 is 0 Å². The number of rotatable bonds is 2. The molecule has 1 N–H and O–H groups in total. The van der Waals surface area contributed by atoms with E-state index in [1.54, 1.807) is 0 Å². The minimum Gasteiger partial charge on any atom is -0.314 e. The van der Waals surface area contributed by atoms with E-state index >= 15 is 0 Å². The molecule has 0 atom stereocenters. The van der Waals surface area contributed by atoms with Crippen LogP contribution in [-0.2, 0) is 0 Å². The molecule has 5 heteroatoms. The number of alkyl halides is 1. The topological polar surface area (TPSA) is 15.3 Å². The van der Waals surface area contributed by atoms with Gasteiger partial charge in [-0.3, -0.25) is 4.90 Å². The molecular formula is C8H19Cl3N2. The Morgan fingerprint density at radius 3 is 2.46 bits per heavy atom. The smallest absolute Gasteiger partial charge is 0.0351 e. The van der Waals surface area contributed by atoms with Gasteiger partial charge in [-0.05, 0) is 13.8 Å². The average Bonchev–Trinajstić information content (AvgIpc) is 1.94. The predicted octanol–water partition coefficient (Wildman–Crippen LogP) is 1.75. The van der Waals surface area contributed by atoms with Gasteiger partial charge in [0.2, 0.25) is 0 Å². The maximum Gasteiger partial charge on any atom is 0.0351 e. The fraction of sp³-hybridized carbons (Fsp3) is 1.00. The first-order valence-corrected chi connectivity index (χ1v) is 4.72. The predicted molar refractivity (Wildman–Crippen MR) is 63.7 cm³/mol. The molecule has 0 radical (unpaired) electrons. The average molecular weight is 250 g/mol. The summed E-state index contributed by atoms with van der Waals surface area (Å²) in [5, 5.41) is 3.38. The highest BCUT2D eigenvalue weighted by Gasteiger charge is 2.28. The number of piperazine rings is 1. The molecule has 0 aromatic heterocycles. The lowest BCUT2D eigenvalue weighted by molar-refractivity contribution is 0.0983. The van der Waals surface area contributed by atoms with Crippen molar-refractivity contribution in [3.05, 3.63) is 0 Å². The van der Waals surface area contributed by atoms with Crippen molar-refractivity contribution in [1.29, 1.82) is 0 Å². The monoisotopic (exact) mass is 248 g/mol. The number of hydrogen-bond donors (Lipinski definition) is 1. The molecule has 0 amide bonds. The summed E-state index contributed by atoms with van der Waals surface area (Å²) in [6.45, 7) is 8.82. The fourth-order valence-corrected chi connectivity index (χ4v) is 1.74. The van der Waals surface area contributed by atoms with E-state index in [0.717, 1.165) is 32.1 Å². The zero-order chi connectivity index (χ0) is 8.32. The molecule has 1 aliphatic rings. The lowest BCUT2D eigenvalue weighted by atomic mass is 10.0. The lowest BCUT2D eigenvalue weighted by Crippen LogP contribution is -2.58. The number of halogens is 3. The van der Waals surface area contributed by atoms with Crippen molar-refractivity contribution >= 4 is 36.4 Å². The van der Waals surface area contributed by atoms with Crippen molar-refractivity contribution in [2.24, 2.45) is 0 Å². The van der Waals surface area contributed by atoms with Crippen molar-refractivity contribution in [3.8, 4) is 0 Å². The first-order valence-electron chi connectivity index (χ1n) is 4.18. The molecule has 0 saturated carbocycles. The molecule has 1 heterocycles. The largest absolute Gasteiger partial charge is 0.314 e. The minimum absolute atomic E-state index is 0. The van der Waals surface area contributed by atoms with Gasteiger partial charge in [-0.1, -0.05) is 0 Å². The quantitative estimate of drug-likeness (QED) is 0.750. The zero-order valence-corrected chi connectivity index (χ0v) is 10.6. The third kappa shape index (κ3) is 4.71. The number of nitrogens with one attached hydrogen (secondary N) is 1. The summed E-state index contributed by atoms with van der Waals surface area (Å²) in [7, 11) is 0. The van der Waals surface area contributed by atoms with E-state index in [1.165, 1.54) is 0 Å². The molecule has 1 rings (SSSR count). The van der Waals surface area contributed by atoms with Crippen LogP contribution in [0, 0.1) is 0 Å². The van der Waals surface area contributed by atoms with Crippen LogP contribution in [0.5, 0.6) is 0 Å². The highest BCUT2D eigenvalue weighted by molar-refractivity contribution is 6.18. The molecule has 0 bridgehead atoms. The van der Waals surface area contributed by atoms with Gasteiger partial charge in [0.25, 0.3) is 0 Å². The molecular weight excluding hydrogens is 230 g/mol. The van der Waals surface area contributed by atoms with Crippen LogP contribution in [0.25, 0.3) is 0 Å². The Morgan fingerprint density at radius 1 is 1.38 bits per heavy atom. The van der Waals surface area contributed by atoms with Gasteiger partial charge >= 0.3 is 0 Å². The van der Waals surface area contributed by atoms with E-state index in [1.807, 2.05) is 0 Å². The summed E-state index contributed by atoms with van der Waals surface area (Å²) < 4.78 is 0. The van der Waals surface area contributed by atoms with E-state index in [9.17, 15) is 0 Å². The van der Waals surface area contributed by atoms with Crippen LogP contribution < -0.4 is 5.32 Å². The van der Waals surface area contributed by atoms with E-state index in [2.05, 4.69) is 24.1 Å². The Bertz CT molecular complexity index is 129. The molecule has 2 nitrogen and oxygen atoms in total. The lowest BCUT2D eigenvalue weighted by Gasteiger charge is -2.42. The molecule has 0 aromatic carbocycles. The maximum absolute atomic E-state index is 5.70. The van der Waals surface area contributed by atoms with Crippen LogP contribution >= 0.6 is 36.4 Å². The summed E-state index contributed by atoms with van der Waals surface area (Å²) in [5.74, 6) is 0.740. The summed E-state index contributed by atoms with van der Waals surface area (Å²) in [4.78, 5) is 2.44.